The molecule has 1 aromatic heterocycles. The van der Waals surface area contributed by atoms with Gasteiger partial charge in [0.2, 0.25) is 5.88 Å². The molecule has 2 aromatic carbocycles. The van der Waals surface area contributed by atoms with Crippen LogP contribution in [-0.4, -0.2) is 24.0 Å². The molecule has 0 saturated heterocycles. The van der Waals surface area contributed by atoms with Crippen LogP contribution < -0.4 is 10.1 Å². The Kier molecular flexibility index (Phi) is 5.68. The van der Waals surface area contributed by atoms with E-state index in [-0.39, 0.29) is 5.91 Å². The molecule has 1 amide bonds. The van der Waals surface area contributed by atoms with Gasteiger partial charge in [0, 0.05) is 16.7 Å². The number of carbonyl (C=O) groups excluding carboxylic acids is 2. The lowest BCUT2D eigenvalue weighted by Crippen LogP contribution is -2.12. The Bertz CT molecular complexity index is 939. The Morgan fingerprint density at radius 2 is 1.59 bits per heavy atom. The lowest BCUT2D eigenvalue weighted by atomic mass is 10.1. The first kappa shape index (κ1) is 18.4. The van der Waals surface area contributed by atoms with Crippen molar-refractivity contribution in [1.29, 1.82) is 0 Å². The Morgan fingerprint density at radius 3 is 2.19 bits per heavy atom. The fourth-order valence-electron chi connectivity index (χ4n) is 2.22. The van der Waals surface area contributed by atoms with Crippen molar-refractivity contribution < 1.29 is 19.1 Å². The quantitative estimate of drug-likeness (QED) is 0.654. The van der Waals surface area contributed by atoms with Crippen LogP contribution in [0.1, 0.15) is 20.7 Å². The third-order valence-electron chi connectivity index (χ3n) is 3.60. The van der Waals surface area contributed by atoms with Gasteiger partial charge in [0.15, 0.2) is 0 Å². The normalized spacial score (nSPS) is 10.1. The minimum absolute atomic E-state index is 0.320. The van der Waals surface area contributed by atoms with E-state index in [0.717, 1.165) is 0 Å². The topological polar surface area (TPSA) is 77.5 Å². The summed E-state index contributed by atoms with van der Waals surface area (Å²) in [6.45, 7) is 0. The highest BCUT2D eigenvalue weighted by Gasteiger charge is 2.10. The number of nitrogens with zero attached hydrogens (tertiary/aromatic N) is 1. The van der Waals surface area contributed by atoms with E-state index >= 15 is 0 Å². The number of hydrogen-bond donors (Lipinski definition) is 1. The largest absolute Gasteiger partial charge is 0.465 e. The highest BCUT2D eigenvalue weighted by molar-refractivity contribution is 6.30. The van der Waals surface area contributed by atoms with Gasteiger partial charge in [-0.2, -0.15) is 0 Å². The number of aromatic nitrogens is 1. The van der Waals surface area contributed by atoms with Gasteiger partial charge in [-0.25, -0.2) is 9.78 Å². The zero-order chi connectivity index (χ0) is 19.2. The van der Waals surface area contributed by atoms with Gasteiger partial charge >= 0.3 is 5.97 Å². The second kappa shape index (κ2) is 8.33. The Hall–Kier alpha value is -3.38. The van der Waals surface area contributed by atoms with Crippen LogP contribution in [-0.2, 0) is 4.74 Å². The van der Waals surface area contributed by atoms with Gasteiger partial charge in [-0.05, 0) is 54.6 Å². The van der Waals surface area contributed by atoms with Gasteiger partial charge in [-0.3, -0.25) is 4.79 Å². The van der Waals surface area contributed by atoms with Crippen molar-refractivity contribution in [3.63, 3.8) is 0 Å². The molecule has 0 atom stereocenters. The SMILES string of the molecule is COC(=O)c1ccc(C(=O)Nc2ccc(Oc3ccc(Cl)cc3)nc2)cc1. The van der Waals surface area contributed by atoms with Gasteiger partial charge in [0.05, 0.1) is 24.6 Å². The number of nitrogens with one attached hydrogen (secondary N) is 1. The van der Waals surface area contributed by atoms with Gasteiger partial charge in [0.25, 0.3) is 5.91 Å². The first-order chi connectivity index (χ1) is 13.0. The number of rotatable bonds is 5. The number of pyridine rings is 1. The summed E-state index contributed by atoms with van der Waals surface area (Å²) in [7, 11) is 1.30. The molecule has 0 bridgehead atoms. The molecule has 1 heterocycles. The third kappa shape index (κ3) is 4.83. The maximum Gasteiger partial charge on any atom is 0.337 e. The fourth-order valence-corrected chi connectivity index (χ4v) is 2.34. The summed E-state index contributed by atoms with van der Waals surface area (Å²) < 4.78 is 10.2. The lowest BCUT2D eigenvalue weighted by Gasteiger charge is -2.08. The van der Waals surface area contributed by atoms with Crippen LogP contribution in [0.2, 0.25) is 5.02 Å². The smallest absolute Gasteiger partial charge is 0.337 e. The van der Waals surface area contributed by atoms with Crippen molar-refractivity contribution in [2.24, 2.45) is 0 Å². The highest BCUT2D eigenvalue weighted by atomic mass is 35.5. The monoisotopic (exact) mass is 382 g/mol. The van der Waals surface area contributed by atoms with E-state index in [1.807, 2.05) is 0 Å². The average molecular weight is 383 g/mol. The van der Waals surface area contributed by atoms with Crippen molar-refractivity contribution >= 4 is 29.2 Å². The number of carbonyl (C=O) groups is 2. The molecule has 0 radical (unpaired) electrons. The number of benzene rings is 2. The van der Waals surface area contributed by atoms with Crippen LogP contribution in [0.5, 0.6) is 11.6 Å². The Morgan fingerprint density at radius 1 is 0.926 bits per heavy atom. The Labute approximate surface area is 160 Å². The molecule has 136 valence electrons. The van der Waals surface area contributed by atoms with E-state index in [2.05, 4.69) is 15.0 Å². The molecule has 1 N–H and O–H groups in total. The lowest BCUT2D eigenvalue weighted by molar-refractivity contribution is 0.0600. The summed E-state index contributed by atoms with van der Waals surface area (Å²) in [5.74, 6) is 0.217. The van der Waals surface area contributed by atoms with Gasteiger partial charge in [-0.1, -0.05) is 11.6 Å². The zero-order valence-electron chi connectivity index (χ0n) is 14.3. The van der Waals surface area contributed by atoms with E-state index in [0.29, 0.717) is 33.5 Å². The van der Waals surface area contributed by atoms with Crippen molar-refractivity contribution in [2.45, 2.75) is 0 Å². The van der Waals surface area contributed by atoms with Crippen molar-refractivity contribution in [1.82, 2.24) is 4.98 Å². The van der Waals surface area contributed by atoms with Crippen LogP contribution in [0.4, 0.5) is 5.69 Å². The molecule has 0 unspecified atom stereocenters. The molecule has 27 heavy (non-hydrogen) atoms. The van der Waals surface area contributed by atoms with E-state index in [1.165, 1.54) is 25.4 Å². The second-order valence-corrected chi connectivity index (χ2v) is 5.90. The van der Waals surface area contributed by atoms with Crippen LogP contribution in [0, 0.1) is 0 Å². The minimum atomic E-state index is -0.456. The van der Waals surface area contributed by atoms with Crippen LogP contribution in [0.25, 0.3) is 0 Å². The molecule has 7 heteroatoms. The molecule has 0 aliphatic heterocycles. The molecular formula is C20H15ClN2O4. The standard InChI is InChI=1S/C20H15ClN2O4/c1-26-20(25)14-4-2-13(3-5-14)19(24)23-16-8-11-18(22-12-16)27-17-9-6-15(21)7-10-17/h2-12H,1H3,(H,23,24). The fraction of sp³-hybridized carbons (Fsp3) is 0.0500. The number of esters is 1. The van der Waals surface area contributed by atoms with E-state index in [9.17, 15) is 9.59 Å². The maximum atomic E-state index is 12.3. The van der Waals surface area contributed by atoms with Gasteiger partial charge in [-0.15, -0.1) is 0 Å². The van der Waals surface area contributed by atoms with Crippen LogP contribution in [0.3, 0.4) is 0 Å². The molecule has 3 aromatic rings. The summed E-state index contributed by atoms with van der Waals surface area (Å²) in [5, 5.41) is 3.35. The van der Waals surface area contributed by atoms with Gasteiger partial charge in [0.1, 0.15) is 5.75 Å². The van der Waals surface area contributed by atoms with E-state index < -0.39 is 5.97 Å². The molecule has 0 aliphatic rings. The summed E-state index contributed by atoms with van der Waals surface area (Å²) in [4.78, 5) is 27.8. The Balaban J connectivity index is 1.62. The zero-order valence-corrected chi connectivity index (χ0v) is 15.1. The number of halogens is 1. The first-order valence-corrected chi connectivity index (χ1v) is 8.32. The van der Waals surface area contributed by atoms with Crippen molar-refractivity contribution in [3.8, 4) is 11.6 Å². The summed E-state index contributed by atoms with van der Waals surface area (Å²) in [5.41, 5.74) is 1.30. The molecule has 6 nitrogen and oxygen atoms in total. The molecule has 0 spiro atoms. The number of amides is 1. The summed E-state index contributed by atoms with van der Waals surface area (Å²) in [6.07, 6.45) is 1.49. The number of hydrogen-bond acceptors (Lipinski definition) is 5. The summed E-state index contributed by atoms with van der Waals surface area (Å²) >= 11 is 5.83. The predicted octanol–water partition coefficient (Wildman–Crippen LogP) is 4.57. The number of ether oxygens (including phenoxy) is 2. The summed E-state index contributed by atoms with van der Waals surface area (Å²) in [6, 6.07) is 16.4. The average Bonchev–Trinajstić information content (AvgIpc) is 2.70. The molecule has 0 saturated carbocycles. The van der Waals surface area contributed by atoms with Gasteiger partial charge < -0.3 is 14.8 Å². The second-order valence-electron chi connectivity index (χ2n) is 5.46. The maximum absolute atomic E-state index is 12.3. The minimum Gasteiger partial charge on any atom is -0.465 e. The van der Waals surface area contributed by atoms with Crippen LogP contribution in [0.15, 0.2) is 66.9 Å². The van der Waals surface area contributed by atoms with Crippen LogP contribution >= 0.6 is 11.6 Å². The van der Waals surface area contributed by atoms with E-state index in [4.69, 9.17) is 16.3 Å². The molecule has 3 rings (SSSR count). The first-order valence-electron chi connectivity index (χ1n) is 7.94. The number of anilines is 1. The number of methoxy groups -OCH3 is 1. The van der Waals surface area contributed by atoms with Crippen molar-refractivity contribution in [3.05, 3.63) is 83.0 Å². The predicted molar refractivity (Wildman–Crippen MR) is 101 cm³/mol. The third-order valence-corrected chi connectivity index (χ3v) is 3.85. The highest BCUT2D eigenvalue weighted by Crippen LogP contribution is 2.22. The molecular weight excluding hydrogens is 368 g/mol. The van der Waals surface area contributed by atoms with Crippen molar-refractivity contribution in [2.75, 3.05) is 12.4 Å². The van der Waals surface area contributed by atoms with E-state index in [1.54, 1.807) is 48.5 Å². The molecule has 0 aliphatic carbocycles. The molecule has 0 fully saturated rings.